The molecule has 2 N–H and O–H groups in total. The molecule has 24 heavy (non-hydrogen) atoms. The first kappa shape index (κ1) is 14.8. The number of para-hydroxylation sites is 1. The summed E-state index contributed by atoms with van der Waals surface area (Å²) in [6, 6.07) is 11.9. The van der Waals surface area contributed by atoms with Gasteiger partial charge in [0.05, 0.1) is 18.3 Å². The molecule has 4 rings (SSSR count). The van der Waals surface area contributed by atoms with Crippen molar-refractivity contribution in [3.63, 3.8) is 0 Å². The average Bonchev–Trinajstić information content (AvgIpc) is 3.26. The highest BCUT2D eigenvalue weighted by Crippen LogP contribution is 2.20. The van der Waals surface area contributed by atoms with Gasteiger partial charge in [-0.2, -0.15) is 0 Å². The predicted molar refractivity (Wildman–Crippen MR) is 96.3 cm³/mol. The van der Waals surface area contributed by atoms with E-state index in [0.717, 1.165) is 41.1 Å². The van der Waals surface area contributed by atoms with Crippen LogP contribution in [0.1, 0.15) is 18.4 Å². The Morgan fingerprint density at radius 2 is 2.00 bits per heavy atom. The van der Waals surface area contributed by atoms with Gasteiger partial charge in [0, 0.05) is 30.2 Å². The Balaban J connectivity index is 1.42. The summed E-state index contributed by atoms with van der Waals surface area (Å²) in [7, 11) is 0. The maximum absolute atomic E-state index is 12.3. The van der Waals surface area contributed by atoms with E-state index < -0.39 is 0 Å². The molecule has 3 aromatic rings. The lowest BCUT2D eigenvalue weighted by Crippen LogP contribution is -2.19. The smallest absolute Gasteiger partial charge is 0.228 e. The zero-order valence-corrected chi connectivity index (χ0v) is 13.5. The molecule has 5 heteroatoms. The zero-order valence-electron chi connectivity index (χ0n) is 13.5. The molecular weight excluding hydrogens is 300 g/mol. The van der Waals surface area contributed by atoms with Crippen molar-refractivity contribution in [2.75, 3.05) is 23.3 Å². The molecule has 0 bridgehead atoms. The monoisotopic (exact) mass is 320 g/mol. The fraction of sp³-hybridized carbons (Fsp3) is 0.263. The molecule has 0 atom stereocenters. The maximum Gasteiger partial charge on any atom is 0.228 e. The van der Waals surface area contributed by atoms with E-state index >= 15 is 0 Å². The van der Waals surface area contributed by atoms with Crippen molar-refractivity contribution in [1.82, 2.24) is 9.97 Å². The van der Waals surface area contributed by atoms with Gasteiger partial charge in [-0.25, -0.2) is 4.98 Å². The second kappa shape index (κ2) is 6.35. The number of aromatic nitrogens is 2. The quantitative estimate of drug-likeness (QED) is 0.775. The van der Waals surface area contributed by atoms with Crippen molar-refractivity contribution in [3.05, 3.63) is 54.4 Å². The largest absolute Gasteiger partial charge is 0.361 e. The summed E-state index contributed by atoms with van der Waals surface area (Å²) in [4.78, 5) is 22.2. The van der Waals surface area contributed by atoms with Crippen LogP contribution in [0, 0.1) is 0 Å². The van der Waals surface area contributed by atoms with Gasteiger partial charge in [-0.15, -0.1) is 0 Å². The summed E-state index contributed by atoms with van der Waals surface area (Å²) >= 11 is 0. The van der Waals surface area contributed by atoms with E-state index in [9.17, 15) is 4.79 Å². The number of fused-ring (bicyclic) bond motifs is 1. The van der Waals surface area contributed by atoms with Crippen molar-refractivity contribution >= 4 is 28.3 Å². The number of hydrogen-bond acceptors (Lipinski definition) is 3. The number of carbonyl (C=O) groups is 1. The molecule has 5 nitrogen and oxygen atoms in total. The molecule has 1 amide bonds. The number of rotatable bonds is 4. The highest BCUT2D eigenvalue weighted by atomic mass is 16.1. The van der Waals surface area contributed by atoms with Crippen molar-refractivity contribution in [1.29, 1.82) is 0 Å². The highest BCUT2D eigenvalue weighted by Gasteiger charge is 2.13. The fourth-order valence-corrected chi connectivity index (χ4v) is 3.25. The first-order valence-corrected chi connectivity index (χ1v) is 8.35. The average molecular weight is 320 g/mol. The molecule has 0 aliphatic carbocycles. The Kier molecular flexibility index (Phi) is 3.91. The number of carbonyl (C=O) groups excluding carboxylic acids is 1. The van der Waals surface area contributed by atoms with Crippen LogP contribution in [-0.2, 0) is 11.2 Å². The number of H-pyrrole nitrogens is 1. The SMILES string of the molecule is O=C(Cc1c[nH]c2ccccc12)Nc1ccc(N2CCCC2)nc1. The van der Waals surface area contributed by atoms with Gasteiger partial charge in [0.1, 0.15) is 5.82 Å². The Hall–Kier alpha value is -2.82. The first-order valence-electron chi connectivity index (χ1n) is 8.35. The van der Waals surface area contributed by atoms with Gasteiger partial charge in [-0.1, -0.05) is 18.2 Å². The topological polar surface area (TPSA) is 61.0 Å². The fourth-order valence-electron chi connectivity index (χ4n) is 3.25. The molecule has 0 saturated carbocycles. The summed E-state index contributed by atoms with van der Waals surface area (Å²) in [6.45, 7) is 2.14. The van der Waals surface area contributed by atoms with Gasteiger partial charge in [-0.3, -0.25) is 4.79 Å². The van der Waals surface area contributed by atoms with Gasteiger partial charge >= 0.3 is 0 Å². The lowest BCUT2D eigenvalue weighted by Gasteiger charge is -2.16. The number of anilines is 2. The minimum atomic E-state index is -0.0320. The van der Waals surface area contributed by atoms with Crippen LogP contribution in [0.2, 0.25) is 0 Å². The minimum absolute atomic E-state index is 0.0320. The van der Waals surface area contributed by atoms with Gasteiger partial charge < -0.3 is 15.2 Å². The molecular formula is C19H20N4O. The van der Waals surface area contributed by atoms with Crippen LogP contribution in [0.5, 0.6) is 0 Å². The zero-order chi connectivity index (χ0) is 16.4. The second-order valence-electron chi connectivity index (χ2n) is 6.18. The molecule has 2 aromatic heterocycles. The number of hydrogen-bond donors (Lipinski definition) is 2. The van der Waals surface area contributed by atoms with E-state index in [1.165, 1.54) is 12.8 Å². The number of nitrogens with zero attached hydrogens (tertiary/aromatic N) is 2. The van der Waals surface area contributed by atoms with Crippen LogP contribution >= 0.6 is 0 Å². The van der Waals surface area contributed by atoms with Crippen molar-refractivity contribution < 1.29 is 4.79 Å². The number of amides is 1. The van der Waals surface area contributed by atoms with Gasteiger partial charge in [-0.05, 0) is 36.6 Å². The van der Waals surface area contributed by atoms with Crippen LogP contribution < -0.4 is 10.2 Å². The molecule has 1 aromatic carbocycles. The van der Waals surface area contributed by atoms with Crippen LogP contribution in [0.15, 0.2) is 48.8 Å². The Labute approximate surface area is 140 Å². The third kappa shape index (κ3) is 2.97. The summed E-state index contributed by atoms with van der Waals surface area (Å²) < 4.78 is 0. The van der Waals surface area contributed by atoms with Crippen molar-refractivity contribution in [2.45, 2.75) is 19.3 Å². The summed E-state index contributed by atoms with van der Waals surface area (Å²) in [5.74, 6) is 0.956. The molecule has 1 aliphatic rings. The number of aromatic amines is 1. The predicted octanol–water partition coefficient (Wildman–Crippen LogP) is 3.34. The van der Waals surface area contributed by atoms with Crippen molar-refractivity contribution in [2.24, 2.45) is 0 Å². The number of pyridine rings is 1. The van der Waals surface area contributed by atoms with E-state index in [4.69, 9.17) is 0 Å². The third-order valence-electron chi connectivity index (χ3n) is 4.49. The lowest BCUT2D eigenvalue weighted by molar-refractivity contribution is -0.115. The highest BCUT2D eigenvalue weighted by molar-refractivity contribution is 5.95. The maximum atomic E-state index is 12.3. The number of nitrogens with one attached hydrogen (secondary N) is 2. The van der Waals surface area contributed by atoms with Crippen LogP contribution in [0.25, 0.3) is 10.9 Å². The second-order valence-corrected chi connectivity index (χ2v) is 6.18. The van der Waals surface area contributed by atoms with E-state index in [-0.39, 0.29) is 5.91 Å². The van der Waals surface area contributed by atoms with E-state index in [1.807, 2.05) is 42.6 Å². The van der Waals surface area contributed by atoms with Crippen LogP contribution in [0.4, 0.5) is 11.5 Å². The summed E-state index contributed by atoms with van der Waals surface area (Å²) in [6.07, 6.45) is 6.44. The lowest BCUT2D eigenvalue weighted by atomic mass is 10.1. The van der Waals surface area contributed by atoms with E-state index in [1.54, 1.807) is 6.20 Å². The third-order valence-corrected chi connectivity index (χ3v) is 4.49. The molecule has 0 spiro atoms. The Morgan fingerprint density at radius 3 is 2.79 bits per heavy atom. The molecule has 0 unspecified atom stereocenters. The molecule has 1 aliphatic heterocycles. The molecule has 3 heterocycles. The van der Waals surface area contributed by atoms with Gasteiger partial charge in [0.2, 0.25) is 5.91 Å². The Morgan fingerprint density at radius 1 is 1.17 bits per heavy atom. The Bertz CT molecular complexity index is 847. The van der Waals surface area contributed by atoms with E-state index in [0.29, 0.717) is 6.42 Å². The summed E-state index contributed by atoms with van der Waals surface area (Å²) in [5.41, 5.74) is 2.80. The molecule has 122 valence electrons. The molecule has 0 radical (unpaired) electrons. The van der Waals surface area contributed by atoms with Gasteiger partial charge in [0.15, 0.2) is 0 Å². The van der Waals surface area contributed by atoms with Gasteiger partial charge in [0.25, 0.3) is 0 Å². The molecule has 1 fully saturated rings. The van der Waals surface area contributed by atoms with E-state index in [2.05, 4.69) is 20.2 Å². The van der Waals surface area contributed by atoms with Crippen LogP contribution in [0.3, 0.4) is 0 Å². The number of benzene rings is 1. The minimum Gasteiger partial charge on any atom is -0.361 e. The first-order chi connectivity index (χ1) is 11.8. The summed E-state index contributed by atoms with van der Waals surface area (Å²) in [5, 5.41) is 4.02. The van der Waals surface area contributed by atoms with Crippen LogP contribution in [-0.4, -0.2) is 29.0 Å². The molecule has 1 saturated heterocycles. The van der Waals surface area contributed by atoms with Crippen molar-refractivity contribution in [3.8, 4) is 0 Å². The standard InChI is InChI=1S/C19H20N4O/c24-19(11-14-12-20-17-6-2-1-5-16(14)17)22-15-7-8-18(21-13-15)23-9-3-4-10-23/h1-2,5-8,12-13,20H,3-4,9-11H2,(H,22,24). The normalized spacial score (nSPS) is 14.2.